The van der Waals surface area contributed by atoms with Crippen molar-refractivity contribution in [2.45, 2.75) is 52.1 Å². The second kappa shape index (κ2) is 6.61. The van der Waals surface area contributed by atoms with Crippen LogP contribution in [-0.4, -0.2) is 12.1 Å². The van der Waals surface area contributed by atoms with Crippen molar-refractivity contribution in [3.05, 3.63) is 27.7 Å². The molecule has 1 aromatic rings. The maximum absolute atomic E-state index is 12.3. The second-order valence-corrected chi connectivity index (χ2v) is 6.55. The van der Waals surface area contributed by atoms with E-state index in [2.05, 4.69) is 22.9 Å². The molecule has 0 radical (unpaired) electrons. The Balaban J connectivity index is 2.08. The molecule has 2 N–H and O–H groups in total. The highest BCUT2D eigenvalue weighted by Crippen LogP contribution is 2.30. The van der Waals surface area contributed by atoms with Gasteiger partial charge in [-0.1, -0.05) is 35.7 Å². The summed E-state index contributed by atoms with van der Waals surface area (Å²) >= 11 is 3.37. The average Bonchev–Trinajstić information content (AvgIpc) is 2.43. The number of benzene rings is 1. The highest BCUT2D eigenvalue weighted by Gasteiger charge is 2.25. The van der Waals surface area contributed by atoms with Crippen LogP contribution in [0.5, 0.6) is 0 Å². The van der Waals surface area contributed by atoms with Crippen LogP contribution in [0.4, 0.5) is 5.69 Å². The summed E-state index contributed by atoms with van der Waals surface area (Å²) in [5.41, 5.74) is 7.87. The average molecular weight is 340 g/mol. The zero-order valence-electron chi connectivity index (χ0n) is 12.1. The van der Waals surface area contributed by atoms with E-state index in [1.54, 1.807) is 12.1 Å². The fraction of sp³-hybridized carbons (Fsp3) is 0.562. The third-order valence-electron chi connectivity index (χ3n) is 4.22. The summed E-state index contributed by atoms with van der Waals surface area (Å²) in [4.78, 5) is 12.3. The van der Waals surface area contributed by atoms with Gasteiger partial charge in [-0.25, -0.2) is 4.79 Å². The lowest BCUT2D eigenvalue weighted by Gasteiger charge is -2.28. The van der Waals surface area contributed by atoms with Crippen molar-refractivity contribution in [3.8, 4) is 0 Å². The predicted molar refractivity (Wildman–Crippen MR) is 84.7 cm³/mol. The Morgan fingerprint density at radius 2 is 2.20 bits per heavy atom. The number of rotatable bonds is 3. The molecule has 2 atom stereocenters. The van der Waals surface area contributed by atoms with Crippen LogP contribution in [0.3, 0.4) is 0 Å². The first kappa shape index (κ1) is 15.4. The first-order valence-corrected chi connectivity index (χ1v) is 8.07. The van der Waals surface area contributed by atoms with Crippen LogP contribution in [-0.2, 0) is 4.74 Å². The largest absolute Gasteiger partial charge is 0.459 e. The minimum absolute atomic E-state index is 0.0563. The van der Waals surface area contributed by atoms with Gasteiger partial charge in [0.2, 0.25) is 0 Å². The molecular weight excluding hydrogens is 318 g/mol. The summed E-state index contributed by atoms with van der Waals surface area (Å²) in [6, 6.07) is 3.59. The monoisotopic (exact) mass is 339 g/mol. The molecule has 1 aliphatic carbocycles. The van der Waals surface area contributed by atoms with Gasteiger partial charge >= 0.3 is 5.97 Å². The third kappa shape index (κ3) is 3.54. The van der Waals surface area contributed by atoms with E-state index in [0.717, 1.165) is 35.7 Å². The third-order valence-corrected chi connectivity index (χ3v) is 4.68. The van der Waals surface area contributed by atoms with Crippen molar-refractivity contribution in [2.24, 2.45) is 5.92 Å². The van der Waals surface area contributed by atoms with Crippen LogP contribution in [0.1, 0.15) is 54.9 Å². The van der Waals surface area contributed by atoms with Gasteiger partial charge in [-0.2, -0.15) is 0 Å². The number of hydrogen-bond donors (Lipinski definition) is 1. The highest BCUT2D eigenvalue weighted by molar-refractivity contribution is 9.10. The summed E-state index contributed by atoms with van der Waals surface area (Å²) in [5.74, 6) is 0.437. The molecule has 1 saturated carbocycles. The molecule has 0 aliphatic heterocycles. The van der Waals surface area contributed by atoms with E-state index in [9.17, 15) is 4.79 Å². The smallest absolute Gasteiger partial charge is 0.338 e. The minimum atomic E-state index is -0.253. The van der Waals surface area contributed by atoms with Crippen LogP contribution in [0.25, 0.3) is 0 Å². The van der Waals surface area contributed by atoms with Gasteiger partial charge < -0.3 is 10.5 Å². The van der Waals surface area contributed by atoms with Gasteiger partial charge in [0.25, 0.3) is 0 Å². The summed E-state index contributed by atoms with van der Waals surface area (Å²) in [6.45, 7) is 4.06. The fourth-order valence-electron chi connectivity index (χ4n) is 2.85. The van der Waals surface area contributed by atoms with Crippen LogP contribution >= 0.6 is 15.9 Å². The molecule has 0 saturated heterocycles. The normalized spacial score (nSPS) is 22.6. The number of nitrogens with two attached hydrogens (primary N) is 1. The molecule has 0 heterocycles. The van der Waals surface area contributed by atoms with Gasteiger partial charge in [0.05, 0.1) is 5.56 Å². The van der Waals surface area contributed by atoms with E-state index in [0.29, 0.717) is 17.2 Å². The highest BCUT2D eigenvalue weighted by atomic mass is 79.9. The van der Waals surface area contributed by atoms with Gasteiger partial charge in [-0.3, -0.25) is 0 Å². The molecule has 3 nitrogen and oxygen atoms in total. The van der Waals surface area contributed by atoms with E-state index < -0.39 is 0 Å². The molecular formula is C16H22BrNO2. The summed E-state index contributed by atoms with van der Waals surface area (Å²) < 4.78 is 6.49. The first-order chi connectivity index (χ1) is 9.51. The molecule has 2 rings (SSSR count). The van der Waals surface area contributed by atoms with Gasteiger partial charge in [0.1, 0.15) is 6.10 Å². The maximum atomic E-state index is 12.3. The van der Waals surface area contributed by atoms with Crippen molar-refractivity contribution in [1.29, 1.82) is 0 Å². The molecule has 1 aliphatic rings. The molecule has 0 aromatic heterocycles. The van der Waals surface area contributed by atoms with Crippen molar-refractivity contribution in [1.82, 2.24) is 0 Å². The van der Waals surface area contributed by atoms with Gasteiger partial charge in [0, 0.05) is 10.2 Å². The molecule has 0 bridgehead atoms. The number of carbonyl (C=O) groups excluding carboxylic acids is 1. The van der Waals surface area contributed by atoms with E-state index >= 15 is 0 Å². The van der Waals surface area contributed by atoms with Crippen LogP contribution in [0.15, 0.2) is 16.6 Å². The maximum Gasteiger partial charge on any atom is 0.338 e. The number of nitrogen functional groups attached to an aromatic ring is 1. The van der Waals surface area contributed by atoms with Crippen LogP contribution in [0.2, 0.25) is 0 Å². The van der Waals surface area contributed by atoms with Gasteiger partial charge in [-0.15, -0.1) is 0 Å². The lowest BCUT2D eigenvalue weighted by atomic mass is 9.85. The lowest BCUT2D eigenvalue weighted by Crippen LogP contribution is -2.25. The van der Waals surface area contributed by atoms with E-state index in [-0.39, 0.29) is 12.1 Å². The number of halogens is 1. The molecule has 0 spiro atoms. The summed E-state index contributed by atoms with van der Waals surface area (Å²) in [5, 5.41) is 0. The standard InChI is InChI=1S/C16H22BrNO2/c1-3-11-5-4-6-13(7-11)20-16(19)14-8-12(17)9-15(18)10(14)2/h8-9,11,13H,3-7,18H2,1-2H3. The second-order valence-electron chi connectivity index (χ2n) is 5.64. The number of hydrogen-bond acceptors (Lipinski definition) is 3. The van der Waals surface area contributed by atoms with Crippen LogP contribution < -0.4 is 5.73 Å². The zero-order chi connectivity index (χ0) is 14.7. The van der Waals surface area contributed by atoms with E-state index in [1.807, 2.05) is 6.92 Å². The topological polar surface area (TPSA) is 52.3 Å². The molecule has 4 heteroatoms. The number of anilines is 1. The Labute approximate surface area is 129 Å². The number of esters is 1. The number of carbonyl (C=O) groups is 1. The molecule has 110 valence electrons. The van der Waals surface area contributed by atoms with E-state index in [1.165, 1.54) is 6.42 Å². The Morgan fingerprint density at radius 3 is 2.90 bits per heavy atom. The van der Waals surface area contributed by atoms with Crippen molar-refractivity contribution in [2.75, 3.05) is 5.73 Å². The SMILES string of the molecule is CCC1CCCC(OC(=O)c2cc(Br)cc(N)c2C)C1. The summed E-state index contributed by atoms with van der Waals surface area (Å²) in [6.07, 6.45) is 5.59. The van der Waals surface area contributed by atoms with Gasteiger partial charge in [-0.05, 0) is 49.8 Å². The number of ether oxygens (including phenoxy) is 1. The molecule has 1 aromatic carbocycles. The minimum Gasteiger partial charge on any atom is -0.459 e. The van der Waals surface area contributed by atoms with E-state index in [4.69, 9.17) is 10.5 Å². The predicted octanol–water partition coefficient (Wildman–Crippen LogP) is 4.47. The van der Waals surface area contributed by atoms with Crippen LogP contribution in [0, 0.1) is 12.8 Å². The molecule has 1 fully saturated rings. The van der Waals surface area contributed by atoms with Crippen molar-refractivity contribution in [3.63, 3.8) is 0 Å². The van der Waals surface area contributed by atoms with Crippen molar-refractivity contribution < 1.29 is 9.53 Å². The first-order valence-electron chi connectivity index (χ1n) is 7.27. The Hall–Kier alpha value is -1.03. The summed E-state index contributed by atoms with van der Waals surface area (Å²) in [7, 11) is 0. The lowest BCUT2D eigenvalue weighted by molar-refractivity contribution is 0.0139. The molecule has 2 unspecified atom stereocenters. The Morgan fingerprint density at radius 1 is 1.45 bits per heavy atom. The molecule has 0 amide bonds. The fourth-order valence-corrected chi connectivity index (χ4v) is 3.32. The quantitative estimate of drug-likeness (QED) is 0.653. The molecule has 20 heavy (non-hydrogen) atoms. The zero-order valence-corrected chi connectivity index (χ0v) is 13.7. The van der Waals surface area contributed by atoms with Crippen molar-refractivity contribution >= 4 is 27.6 Å². The van der Waals surface area contributed by atoms with Gasteiger partial charge in [0.15, 0.2) is 0 Å². The Bertz CT molecular complexity index is 501. The Kier molecular flexibility index (Phi) is 5.08.